The van der Waals surface area contributed by atoms with E-state index in [4.69, 9.17) is 5.73 Å². The lowest BCUT2D eigenvalue weighted by Crippen LogP contribution is -2.42. The number of aryl methyl sites for hydroxylation is 1. The first-order valence-electron chi connectivity index (χ1n) is 5.69. The van der Waals surface area contributed by atoms with E-state index in [-0.39, 0.29) is 5.56 Å². The minimum Gasteiger partial charge on any atom is -0.352 e. The second-order valence-corrected chi connectivity index (χ2v) is 4.36. The summed E-state index contributed by atoms with van der Waals surface area (Å²) in [5.74, 6) is 1.05. The van der Waals surface area contributed by atoms with Crippen LogP contribution in [-0.2, 0) is 7.05 Å². The maximum absolute atomic E-state index is 11.9. The van der Waals surface area contributed by atoms with Gasteiger partial charge in [-0.3, -0.25) is 4.79 Å². The Morgan fingerprint density at radius 1 is 1.62 bits per heavy atom. The third-order valence-corrected chi connectivity index (χ3v) is 3.15. The molecule has 0 bridgehead atoms. The fraction of sp³-hybridized carbons (Fsp3) is 0.636. The number of piperidine rings is 1. The van der Waals surface area contributed by atoms with Crippen molar-refractivity contribution in [3.63, 3.8) is 0 Å². The molecule has 0 aliphatic carbocycles. The number of rotatable bonds is 2. The van der Waals surface area contributed by atoms with Gasteiger partial charge in [-0.25, -0.2) is 4.98 Å². The third kappa shape index (κ3) is 2.09. The van der Waals surface area contributed by atoms with E-state index in [2.05, 4.69) is 9.88 Å². The topological polar surface area (TPSA) is 64.2 Å². The summed E-state index contributed by atoms with van der Waals surface area (Å²) in [4.78, 5) is 18.1. The summed E-state index contributed by atoms with van der Waals surface area (Å²) >= 11 is 0. The molecule has 2 N–H and O–H groups in total. The molecule has 0 radical (unpaired) electrons. The molecule has 0 unspecified atom stereocenters. The highest BCUT2D eigenvalue weighted by atomic mass is 16.1. The van der Waals surface area contributed by atoms with E-state index >= 15 is 0 Å². The van der Waals surface area contributed by atoms with E-state index in [9.17, 15) is 4.79 Å². The van der Waals surface area contributed by atoms with Crippen LogP contribution in [-0.4, -0.2) is 29.2 Å². The lowest BCUT2D eigenvalue weighted by molar-refractivity contribution is 0.420. The van der Waals surface area contributed by atoms with Crippen LogP contribution in [0.25, 0.3) is 0 Å². The molecule has 1 aliphatic heterocycles. The van der Waals surface area contributed by atoms with Gasteiger partial charge in [-0.15, -0.1) is 0 Å². The molecule has 1 fully saturated rings. The number of nitrogens with zero attached hydrogens (tertiary/aromatic N) is 3. The summed E-state index contributed by atoms with van der Waals surface area (Å²) < 4.78 is 1.56. The van der Waals surface area contributed by atoms with Crippen LogP contribution in [0.5, 0.6) is 0 Å². The first-order chi connectivity index (χ1) is 7.72. The Morgan fingerprint density at radius 2 is 2.44 bits per heavy atom. The standard InChI is InChI=1S/C11H18N4O/c1-14-6-4-13-10(11(14)16)15-5-2-3-9(7-12)8-15/h4,6,9H,2-3,5,7-8,12H2,1H3/t9-/m1/s1. The second kappa shape index (κ2) is 4.65. The van der Waals surface area contributed by atoms with Crippen molar-refractivity contribution in [1.29, 1.82) is 0 Å². The van der Waals surface area contributed by atoms with Crippen LogP contribution < -0.4 is 16.2 Å². The molecule has 0 spiro atoms. The fourth-order valence-electron chi connectivity index (χ4n) is 2.15. The van der Waals surface area contributed by atoms with Gasteiger partial charge in [0.25, 0.3) is 5.56 Å². The van der Waals surface area contributed by atoms with Crippen molar-refractivity contribution in [2.24, 2.45) is 18.7 Å². The van der Waals surface area contributed by atoms with E-state index in [0.29, 0.717) is 18.3 Å². The van der Waals surface area contributed by atoms with Crippen LogP contribution in [0.4, 0.5) is 5.82 Å². The molecule has 2 heterocycles. The van der Waals surface area contributed by atoms with Crippen LogP contribution in [0.15, 0.2) is 17.2 Å². The van der Waals surface area contributed by atoms with Crippen LogP contribution in [0.2, 0.25) is 0 Å². The highest BCUT2D eigenvalue weighted by molar-refractivity contribution is 5.36. The van der Waals surface area contributed by atoms with Gasteiger partial charge >= 0.3 is 0 Å². The van der Waals surface area contributed by atoms with Crippen molar-refractivity contribution >= 4 is 5.82 Å². The van der Waals surface area contributed by atoms with Crippen molar-refractivity contribution in [3.8, 4) is 0 Å². The van der Waals surface area contributed by atoms with E-state index in [1.165, 1.54) is 0 Å². The van der Waals surface area contributed by atoms with Crippen molar-refractivity contribution in [2.75, 3.05) is 24.5 Å². The fourth-order valence-corrected chi connectivity index (χ4v) is 2.15. The van der Waals surface area contributed by atoms with Gasteiger partial charge in [0.05, 0.1) is 0 Å². The third-order valence-electron chi connectivity index (χ3n) is 3.15. The first kappa shape index (κ1) is 11.1. The van der Waals surface area contributed by atoms with E-state index in [0.717, 1.165) is 25.9 Å². The Bertz CT molecular complexity index is 415. The van der Waals surface area contributed by atoms with E-state index in [1.54, 1.807) is 24.0 Å². The van der Waals surface area contributed by atoms with E-state index in [1.807, 2.05) is 0 Å². The normalized spacial score (nSPS) is 21.1. The quantitative estimate of drug-likeness (QED) is 0.762. The van der Waals surface area contributed by atoms with Crippen LogP contribution in [0.1, 0.15) is 12.8 Å². The Balaban J connectivity index is 2.23. The molecule has 0 amide bonds. The number of hydrogen-bond donors (Lipinski definition) is 1. The molecule has 5 heteroatoms. The summed E-state index contributed by atoms with van der Waals surface area (Å²) in [7, 11) is 1.75. The second-order valence-electron chi connectivity index (χ2n) is 4.36. The first-order valence-corrected chi connectivity index (χ1v) is 5.69. The average molecular weight is 222 g/mol. The molecular weight excluding hydrogens is 204 g/mol. The summed E-state index contributed by atoms with van der Waals surface area (Å²) in [5, 5.41) is 0. The van der Waals surface area contributed by atoms with Gasteiger partial charge in [0, 0.05) is 32.5 Å². The molecule has 16 heavy (non-hydrogen) atoms. The molecule has 1 saturated heterocycles. The van der Waals surface area contributed by atoms with Crippen LogP contribution in [0, 0.1) is 5.92 Å². The monoisotopic (exact) mass is 222 g/mol. The van der Waals surface area contributed by atoms with E-state index < -0.39 is 0 Å². The molecule has 5 nitrogen and oxygen atoms in total. The zero-order chi connectivity index (χ0) is 11.5. The number of nitrogens with two attached hydrogens (primary N) is 1. The lowest BCUT2D eigenvalue weighted by Gasteiger charge is -2.32. The van der Waals surface area contributed by atoms with Gasteiger partial charge in [-0.2, -0.15) is 0 Å². The molecule has 1 aromatic heterocycles. The van der Waals surface area contributed by atoms with Gasteiger partial charge in [-0.1, -0.05) is 0 Å². The van der Waals surface area contributed by atoms with Gasteiger partial charge in [0.2, 0.25) is 0 Å². The van der Waals surface area contributed by atoms with Crippen LogP contribution in [0.3, 0.4) is 0 Å². The van der Waals surface area contributed by atoms with Gasteiger partial charge in [0.1, 0.15) is 0 Å². The Morgan fingerprint density at radius 3 is 3.19 bits per heavy atom. The molecule has 0 aromatic carbocycles. The predicted octanol–water partition coefficient (Wildman–Crippen LogP) is -0.0446. The summed E-state index contributed by atoms with van der Waals surface area (Å²) in [5.41, 5.74) is 5.65. The number of hydrogen-bond acceptors (Lipinski definition) is 4. The zero-order valence-electron chi connectivity index (χ0n) is 9.59. The Hall–Kier alpha value is -1.36. The molecule has 2 rings (SSSR count). The smallest absolute Gasteiger partial charge is 0.293 e. The largest absolute Gasteiger partial charge is 0.352 e. The summed E-state index contributed by atoms with van der Waals surface area (Å²) in [6.07, 6.45) is 5.58. The molecule has 1 atom stereocenters. The zero-order valence-corrected chi connectivity index (χ0v) is 9.59. The minimum atomic E-state index is -0.0276. The maximum Gasteiger partial charge on any atom is 0.293 e. The highest BCUT2D eigenvalue weighted by Gasteiger charge is 2.21. The Kier molecular flexibility index (Phi) is 3.24. The molecule has 1 aliphatic rings. The predicted molar refractivity (Wildman–Crippen MR) is 63.5 cm³/mol. The van der Waals surface area contributed by atoms with Gasteiger partial charge in [0.15, 0.2) is 5.82 Å². The molecule has 1 aromatic rings. The highest BCUT2D eigenvalue weighted by Crippen LogP contribution is 2.18. The van der Waals surface area contributed by atoms with Gasteiger partial charge < -0.3 is 15.2 Å². The van der Waals surface area contributed by atoms with Crippen molar-refractivity contribution in [1.82, 2.24) is 9.55 Å². The SMILES string of the molecule is Cn1ccnc(N2CCC[C@H](CN)C2)c1=O. The maximum atomic E-state index is 11.9. The number of anilines is 1. The number of aromatic nitrogens is 2. The van der Waals surface area contributed by atoms with Gasteiger partial charge in [-0.05, 0) is 25.3 Å². The van der Waals surface area contributed by atoms with Crippen molar-refractivity contribution in [2.45, 2.75) is 12.8 Å². The summed E-state index contributed by atoms with van der Waals surface area (Å²) in [6.45, 7) is 2.44. The Labute approximate surface area is 94.9 Å². The summed E-state index contributed by atoms with van der Waals surface area (Å²) in [6, 6.07) is 0. The molecule has 88 valence electrons. The van der Waals surface area contributed by atoms with Crippen molar-refractivity contribution in [3.05, 3.63) is 22.7 Å². The van der Waals surface area contributed by atoms with Crippen LogP contribution >= 0.6 is 0 Å². The molecule has 0 saturated carbocycles. The van der Waals surface area contributed by atoms with Crippen molar-refractivity contribution < 1.29 is 0 Å². The minimum absolute atomic E-state index is 0.0276. The lowest BCUT2D eigenvalue weighted by atomic mass is 9.98. The average Bonchev–Trinajstić information content (AvgIpc) is 2.33. The molecular formula is C11H18N4O.